The number of carbonyl (C=O) groups is 2. The summed E-state index contributed by atoms with van der Waals surface area (Å²) >= 11 is 0. The lowest BCUT2D eigenvalue weighted by molar-refractivity contribution is 0.0784. The molecule has 0 spiro atoms. The van der Waals surface area contributed by atoms with Gasteiger partial charge in [0.05, 0.1) is 12.9 Å². The number of rotatable bonds is 7. The number of anilines is 1. The van der Waals surface area contributed by atoms with Gasteiger partial charge in [-0.1, -0.05) is 18.2 Å². The van der Waals surface area contributed by atoms with Gasteiger partial charge in [0.1, 0.15) is 5.75 Å². The highest BCUT2D eigenvalue weighted by Crippen LogP contribution is 2.20. The summed E-state index contributed by atoms with van der Waals surface area (Å²) in [6.45, 7) is 2.93. The number of nitrogens with one attached hydrogen (secondary N) is 1. The van der Waals surface area contributed by atoms with Crippen LogP contribution >= 0.6 is 0 Å². The van der Waals surface area contributed by atoms with E-state index in [1.807, 2.05) is 31.2 Å². The van der Waals surface area contributed by atoms with E-state index in [9.17, 15) is 9.59 Å². The molecule has 3 rings (SSSR count). The fourth-order valence-electron chi connectivity index (χ4n) is 2.78. The van der Waals surface area contributed by atoms with Crippen LogP contribution in [0.3, 0.4) is 0 Å². The SMILES string of the molecule is CCOc1ccccc1CN(C)C(=O)c1ccc(NC(=O)c2ccco2)cc1. The Labute approximate surface area is 163 Å². The number of carbonyl (C=O) groups excluding carboxylic acids is 2. The second kappa shape index (κ2) is 8.90. The van der Waals surface area contributed by atoms with E-state index in [1.165, 1.54) is 6.26 Å². The van der Waals surface area contributed by atoms with Gasteiger partial charge in [-0.15, -0.1) is 0 Å². The zero-order valence-corrected chi connectivity index (χ0v) is 15.8. The van der Waals surface area contributed by atoms with Gasteiger partial charge in [0.2, 0.25) is 0 Å². The minimum atomic E-state index is -0.339. The van der Waals surface area contributed by atoms with Crippen LogP contribution in [-0.4, -0.2) is 30.4 Å². The van der Waals surface area contributed by atoms with E-state index in [0.29, 0.717) is 24.4 Å². The predicted molar refractivity (Wildman–Crippen MR) is 107 cm³/mol. The largest absolute Gasteiger partial charge is 0.494 e. The Morgan fingerprint density at radius 1 is 1.04 bits per heavy atom. The second-order valence-electron chi connectivity index (χ2n) is 6.21. The summed E-state index contributed by atoms with van der Waals surface area (Å²) in [4.78, 5) is 26.4. The van der Waals surface area contributed by atoms with Crippen molar-refractivity contribution in [1.29, 1.82) is 0 Å². The van der Waals surface area contributed by atoms with E-state index in [0.717, 1.165) is 11.3 Å². The van der Waals surface area contributed by atoms with E-state index in [-0.39, 0.29) is 17.6 Å². The van der Waals surface area contributed by atoms with Gasteiger partial charge in [-0.25, -0.2) is 0 Å². The van der Waals surface area contributed by atoms with Crippen molar-refractivity contribution >= 4 is 17.5 Å². The van der Waals surface area contributed by atoms with Gasteiger partial charge >= 0.3 is 0 Å². The molecule has 2 aromatic carbocycles. The smallest absolute Gasteiger partial charge is 0.291 e. The summed E-state index contributed by atoms with van der Waals surface area (Å²) in [5.41, 5.74) is 2.07. The molecule has 0 aliphatic carbocycles. The van der Waals surface area contributed by atoms with Crippen molar-refractivity contribution < 1.29 is 18.7 Å². The van der Waals surface area contributed by atoms with Crippen LogP contribution in [0.5, 0.6) is 5.75 Å². The number of para-hydroxylation sites is 1. The molecule has 0 atom stereocenters. The third kappa shape index (κ3) is 4.59. The number of amides is 2. The standard InChI is InChI=1S/C22H22N2O4/c1-3-27-19-8-5-4-7-17(19)15-24(2)22(26)16-10-12-18(13-11-16)23-21(25)20-9-6-14-28-20/h4-14H,3,15H2,1-2H3,(H,23,25). The number of ether oxygens (including phenoxy) is 1. The maximum atomic E-state index is 12.7. The van der Waals surface area contributed by atoms with Crippen LogP contribution in [0, 0.1) is 0 Å². The zero-order chi connectivity index (χ0) is 19.9. The van der Waals surface area contributed by atoms with E-state index in [2.05, 4.69) is 5.32 Å². The average molecular weight is 378 g/mol. The molecular formula is C22H22N2O4. The molecule has 0 fully saturated rings. The van der Waals surface area contributed by atoms with Gasteiger partial charge in [-0.3, -0.25) is 9.59 Å². The predicted octanol–water partition coefficient (Wildman–Crippen LogP) is 4.20. The molecule has 0 saturated heterocycles. The van der Waals surface area contributed by atoms with Crippen molar-refractivity contribution in [3.05, 3.63) is 83.8 Å². The van der Waals surface area contributed by atoms with E-state index >= 15 is 0 Å². The normalized spacial score (nSPS) is 10.4. The fourth-order valence-corrected chi connectivity index (χ4v) is 2.78. The quantitative estimate of drug-likeness (QED) is 0.669. The molecule has 28 heavy (non-hydrogen) atoms. The summed E-state index contributed by atoms with van der Waals surface area (Å²) in [5, 5.41) is 2.73. The van der Waals surface area contributed by atoms with Crippen LogP contribution in [0.2, 0.25) is 0 Å². The van der Waals surface area contributed by atoms with Gasteiger partial charge < -0.3 is 19.4 Å². The first-order valence-corrected chi connectivity index (χ1v) is 8.99. The average Bonchev–Trinajstić information content (AvgIpc) is 3.25. The van der Waals surface area contributed by atoms with Gasteiger partial charge in [0.25, 0.3) is 11.8 Å². The van der Waals surface area contributed by atoms with Crippen LogP contribution in [0.25, 0.3) is 0 Å². The molecule has 0 bridgehead atoms. The number of nitrogens with zero attached hydrogens (tertiary/aromatic N) is 1. The lowest BCUT2D eigenvalue weighted by Crippen LogP contribution is -2.26. The lowest BCUT2D eigenvalue weighted by Gasteiger charge is -2.19. The Bertz CT molecular complexity index is 933. The van der Waals surface area contributed by atoms with E-state index < -0.39 is 0 Å². The summed E-state index contributed by atoms with van der Waals surface area (Å²) in [6.07, 6.45) is 1.44. The summed E-state index contributed by atoms with van der Waals surface area (Å²) in [5.74, 6) is 0.553. The van der Waals surface area contributed by atoms with Crippen molar-refractivity contribution in [2.24, 2.45) is 0 Å². The van der Waals surface area contributed by atoms with Gasteiger partial charge in [0.15, 0.2) is 5.76 Å². The maximum absolute atomic E-state index is 12.7. The molecule has 2 amide bonds. The molecule has 1 heterocycles. The zero-order valence-electron chi connectivity index (χ0n) is 15.8. The van der Waals surface area contributed by atoms with E-state index in [1.54, 1.807) is 48.3 Å². The Morgan fingerprint density at radius 2 is 1.79 bits per heavy atom. The number of hydrogen-bond donors (Lipinski definition) is 1. The molecule has 0 aliphatic heterocycles. The molecule has 6 nitrogen and oxygen atoms in total. The van der Waals surface area contributed by atoms with Crippen molar-refractivity contribution in [3.8, 4) is 5.75 Å². The van der Waals surface area contributed by atoms with Gasteiger partial charge in [-0.2, -0.15) is 0 Å². The van der Waals surface area contributed by atoms with Crippen LogP contribution < -0.4 is 10.1 Å². The van der Waals surface area contributed by atoms with Crippen molar-refractivity contribution in [2.75, 3.05) is 19.0 Å². The number of benzene rings is 2. The molecular weight excluding hydrogens is 356 g/mol. The van der Waals surface area contributed by atoms with E-state index in [4.69, 9.17) is 9.15 Å². The molecule has 1 aromatic heterocycles. The molecule has 6 heteroatoms. The minimum absolute atomic E-state index is 0.116. The first kappa shape index (κ1) is 19.2. The van der Waals surface area contributed by atoms with Gasteiger partial charge in [-0.05, 0) is 49.4 Å². The first-order valence-electron chi connectivity index (χ1n) is 8.99. The highest BCUT2D eigenvalue weighted by molar-refractivity contribution is 6.02. The number of hydrogen-bond acceptors (Lipinski definition) is 4. The van der Waals surface area contributed by atoms with Crippen LogP contribution in [-0.2, 0) is 6.54 Å². The molecule has 0 unspecified atom stereocenters. The molecule has 0 radical (unpaired) electrons. The minimum Gasteiger partial charge on any atom is -0.494 e. The Hall–Kier alpha value is -3.54. The molecule has 0 saturated carbocycles. The molecule has 1 N–H and O–H groups in total. The monoisotopic (exact) mass is 378 g/mol. The van der Waals surface area contributed by atoms with Crippen molar-refractivity contribution in [1.82, 2.24) is 4.90 Å². The first-order chi connectivity index (χ1) is 13.6. The third-order valence-electron chi connectivity index (χ3n) is 4.16. The summed E-state index contributed by atoms with van der Waals surface area (Å²) in [6, 6.07) is 17.7. The van der Waals surface area contributed by atoms with Crippen molar-refractivity contribution in [2.45, 2.75) is 13.5 Å². The molecule has 3 aromatic rings. The van der Waals surface area contributed by atoms with Gasteiger partial charge in [0, 0.05) is 30.4 Å². The maximum Gasteiger partial charge on any atom is 0.291 e. The van der Waals surface area contributed by atoms with Crippen molar-refractivity contribution in [3.63, 3.8) is 0 Å². The Kier molecular flexibility index (Phi) is 6.11. The van der Waals surface area contributed by atoms with Crippen LogP contribution in [0.4, 0.5) is 5.69 Å². The Balaban J connectivity index is 1.65. The van der Waals surface area contributed by atoms with Crippen LogP contribution in [0.15, 0.2) is 71.3 Å². The molecule has 144 valence electrons. The summed E-state index contributed by atoms with van der Waals surface area (Å²) < 4.78 is 10.7. The summed E-state index contributed by atoms with van der Waals surface area (Å²) in [7, 11) is 1.75. The third-order valence-corrected chi connectivity index (χ3v) is 4.16. The lowest BCUT2D eigenvalue weighted by atomic mass is 10.1. The highest BCUT2D eigenvalue weighted by atomic mass is 16.5. The van der Waals surface area contributed by atoms with Crippen LogP contribution in [0.1, 0.15) is 33.4 Å². The number of furan rings is 1. The topological polar surface area (TPSA) is 71.8 Å². The molecule has 0 aliphatic rings. The highest BCUT2D eigenvalue weighted by Gasteiger charge is 2.15. The Morgan fingerprint density at radius 3 is 2.46 bits per heavy atom. The fraction of sp³-hybridized carbons (Fsp3) is 0.182. The second-order valence-corrected chi connectivity index (χ2v) is 6.21.